The normalized spacial score (nSPS) is 17.9. The second kappa shape index (κ2) is 5.27. The highest BCUT2D eigenvalue weighted by Crippen LogP contribution is 2.26. The third-order valence-electron chi connectivity index (χ3n) is 2.80. The largest absolute Gasteiger partial charge is 0.478 e. The molecule has 1 heterocycles. The molecule has 1 unspecified atom stereocenters. The lowest BCUT2D eigenvalue weighted by Gasteiger charge is -2.13. The number of carboxylic acids is 1. The lowest BCUT2D eigenvalue weighted by molar-refractivity contribution is -0.122. The van der Waals surface area contributed by atoms with Crippen molar-refractivity contribution < 1.29 is 19.5 Å². The number of rotatable bonds is 3. The predicted octanol–water partition coefficient (Wildman–Crippen LogP) is 1.26. The van der Waals surface area contributed by atoms with E-state index in [1.165, 1.54) is 18.2 Å². The molecule has 0 radical (unpaired) electrons. The molecule has 0 saturated carbocycles. The van der Waals surface area contributed by atoms with Gasteiger partial charge >= 0.3 is 5.97 Å². The minimum atomic E-state index is -1.19. The molecule has 0 aromatic heterocycles. The Morgan fingerprint density at radius 3 is 2.74 bits per heavy atom. The molecule has 1 aliphatic heterocycles. The molecule has 19 heavy (non-hydrogen) atoms. The van der Waals surface area contributed by atoms with Crippen molar-refractivity contribution in [1.82, 2.24) is 5.32 Å². The third-order valence-corrected chi connectivity index (χ3v) is 3.12. The van der Waals surface area contributed by atoms with E-state index in [-0.39, 0.29) is 28.6 Å². The maximum absolute atomic E-state index is 11.9. The molecule has 2 amide bonds. The maximum Gasteiger partial charge on any atom is 0.337 e. The molecule has 3 N–H and O–H groups in total. The lowest BCUT2D eigenvalue weighted by atomic mass is 10.1. The number of carbonyl (C=O) groups is 3. The first kappa shape index (κ1) is 13.4. The van der Waals surface area contributed by atoms with Crippen LogP contribution in [0.3, 0.4) is 0 Å². The SMILES string of the molecule is O=C1CCC(C(=O)Nc2c(Cl)cccc2C(=O)O)N1. The molecule has 1 atom stereocenters. The van der Waals surface area contributed by atoms with Crippen LogP contribution in [0.15, 0.2) is 18.2 Å². The number of nitrogens with one attached hydrogen (secondary N) is 2. The number of halogens is 1. The predicted molar refractivity (Wildman–Crippen MR) is 68.2 cm³/mol. The second-order valence-electron chi connectivity index (χ2n) is 4.12. The second-order valence-corrected chi connectivity index (χ2v) is 4.52. The van der Waals surface area contributed by atoms with E-state index < -0.39 is 17.9 Å². The molecule has 2 rings (SSSR count). The number of para-hydroxylation sites is 1. The van der Waals surface area contributed by atoms with Crippen LogP contribution in [0.25, 0.3) is 0 Å². The Bertz CT molecular complexity index is 559. The molecular formula is C12H11ClN2O4. The fraction of sp³-hybridized carbons (Fsp3) is 0.250. The highest BCUT2D eigenvalue weighted by Gasteiger charge is 2.28. The number of hydrogen-bond acceptors (Lipinski definition) is 3. The van der Waals surface area contributed by atoms with Crippen LogP contribution < -0.4 is 10.6 Å². The zero-order chi connectivity index (χ0) is 14.0. The van der Waals surface area contributed by atoms with Crippen LogP contribution in [0.5, 0.6) is 0 Å². The molecule has 0 spiro atoms. The fourth-order valence-electron chi connectivity index (χ4n) is 1.85. The Balaban J connectivity index is 2.21. The summed E-state index contributed by atoms with van der Waals surface area (Å²) in [6.07, 6.45) is 0.671. The molecule has 7 heteroatoms. The Hall–Kier alpha value is -2.08. The van der Waals surface area contributed by atoms with E-state index in [2.05, 4.69) is 10.6 Å². The molecule has 6 nitrogen and oxygen atoms in total. The topological polar surface area (TPSA) is 95.5 Å². The van der Waals surface area contributed by atoms with Gasteiger partial charge in [-0.2, -0.15) is 0 Å². The molecule has 1 saturated heterocycles. The number of carboxylic acid groups (broad SMARTS) is 1. The molecule has 100 valence electrons. The van der Waals surface area contributed by atoms with Crippen molar-refractivity contribution in [3.63, 3.8) is 0 Å². The number of carbonyl (C=O) groups excluding carboxylic acids is 2. The summed E-state index contributed by atoms with van der Waals surface area (Å²) in [5, 5.41) is 14.1. The summed E-state index contributed by atoms with van der Waals surface area (Å²) in [6.45, 7) is 0. The summed E-state index contributed by atoms with van der Waals surface area (Å²) >= 11 is 5.89. The Kier molecular flexibility index (Phi) is 3.71. The van der Waals surface area contributed by atoms with E-state index in [9.17, 15) is 14.4 Å². The van der Waals surface area contributed by atoms with Crippen LogP contribution in [0.4, 0.5) is 5.69 Å². The van der Waals surface area contributed by atoms with Crippen molar-refractivity contribution in [1.29, 1.82) is 0 Å². The van der Waals surface area contributed by atoms with E-state index in [1.807, 2.05) is 0 Å². The minimum absolute atomic E-state index is 0.0443. The number of amides is 2. The van der Waals surface area contributed by atoms with Gasteiger partial charge in [0.05, 0.1) is 16.3 Å². The maximum atomic E-state index is 11.9. The van der Waals surface area contributed by atoms with Crippen molar-refractivity contribution in [2.24, 2.45) is 0 Å². The van der Waals surface area contributed by atoms with Gasteiger partial charge in [0, 0.05) is 6.42 Å². The molecule has 0 bridgehead atoms. The monoisotopic (exact) mass is 282 g/mol. The smallest absolute Gasteiger partial charge is 0.337 e. The number of hydrogen-bond donors (Lipinski definition) is 3. The van der Waals surface area contributed by atoms with Crippen molar-refractivity contribution in [2.75, 3.05) is 5.32 Å². The van der Waals surface area contributed by atoms with Gasteiger partial charge < -0.3 is 15.7 Å². The zero-order valence-corrected chi connectivity index (χ0v) is 10.5. The molecule has 0 aliphatic carbocycles. The van der Waals surface area contributed by atoms with E-state index in [1.54, 1.807) is 0 Å². The van der Waals surface area contributed by atoms with Gasteiger partial charge in [-0.25, -0.2) is 4.79 Å². The number of aromatic carboxylic acids is 1. The summed E-state index contributed by atoms with van der Waals surface area (Å²) in [7, 11) is 0. The van der Waals surface area contributed by atoms with Crippen molar-refractivity contribution in [3.8, 4) is 0 Å². The first-order valence-corrected chi connectivity index (χ1v) is 5.99. The van der Waals surface area contributed by atoms with Crippen molar-refractivity contribution in [2.45, 2.75) is 18.9 Å². The van der Waals surface area contributed by atoms with Gasteiger partial charge in [0.2, 0.25) is 11.8 Å². The molecule has 1 fully saturated rings. The number of anilines is 1. The first-order chi connectivity index (χ1) is 8.99. The zero-order valence-electron chi connectivity index (χ0n) is 9.77. The highest BCUT2D eigenvalue weighted by atomic mass is 35.5. The summed E-state index contributed by atoms with van der Waals surface area (Å²) in [5.74, 6) is -1.85. The van der Waals surface area contributed by atoms with Crippen LogP contribution in [0, 0.1) is 0 Å². The van der Waals surface area contributed by atoms with Crippen LogP contribution in [-0.2, 0) is 9.59 Å². The fourth-order valence-corrected chi connectivity index (χ4v) is 2.07. The number of benzene rings is 1. The van der Waals surface area contributed by atoms with E-state index in [4.69, 9.17) is 16.7 Å². The summed E-state index contributed by atoms with van der Waals surface area (Å²) in [6, 6.07) is 3.66. The van der Waals surface area contributed by atoms with Crippen molar-refractivity contribution >= 4 is 35.1 Å². The van der Waals surface area contributed by atoms with Gasteiger partial charge in [0.1, 0.15) is 6.04 Å². The van der Waals surface area contributed by atoms with Gasteiger partial charge in [0.15, 0.2) is 0 Å². The Labute approximate surface area is 113 Å². The van der Waals surface area contributed by atoms with Gasteiger partial charge in [-0.1, -0.05) is 17.7 Å². The average Bonchev–Trinajstić information content (AvgIpc) is 2.78. The van der Waals surface area contributed by atoms with Gasteiger partial charge in [-0.3, -0.25) is 9.59 Å². The van der Waals surface area contributed by atoms with Crippen LogP contribution in [0.1, 0.15) is 23.2 Å². The minimum Gasteiger partial charge on any atom is -0.478 e. The molecule has 1 aromatic rings. The Morgan fingerprint density at radius 1 is 1.42 bits per heavy atom. The lowest BCUT2D eigenvalue weighted by Crippen LogP contribution is -2.37. The first-order valence-electron chi connectivity index (χ1n) is 5.61. The third kappa shape index (κ3) is 2.85. The van der Waals surface area contributed by atoms with E-state index in [0.29, 0.717) is 6.42 Å². The Morgan fingerprint density at radius 2 is 2.16 bits per heavy atom. The summed E-state index contributed by atoms with van der Waals surface area (Å²) in [5.41, 5.74) is -0.0482. The van der Waals surface area contributed by atoms with Gasteiger partial charge in [-0.05, 0) is 18.6 Å². The highest BCUT2D eigenvalue weighted by molar-refractivity contribution is 6.34. The standard InChI is InChI=1S/C12H11ClN2O4/c13-7-3-1-2-6(12(18)19)10(7)15-11(17)8-4-5-9(16)14-8/h1-3,8H,4-5H2,(H,14,16)(H,15,17)(H,18,19). The summed E-state index contributed by atoms with van der Waals surface area (Å²) < 4.78 is 0. The van der Waals surface area contributed by atoms with Gasteiger partial charge in [0.25, 0.3) is 0 Å². The molecular weight excluding hydrogens is 272 g/mol. The van der Waals surface area contributed by atoms with Crippen LogP contribution >= 0.6 is 11.6 Å². The summed E-state index contributed by atoms with van der Waals surface area (Å²) in [4.78, 5) is 34.0. The quantitative estimate of drug-likeness (QED) is 0.777. The van der Waals surface area contributed by atoms with E-state index >= 15 is 0 Å². The average molecular weight is 283 g/mol. The van der Waals surface area contributed by atoms with Crippen molar-refractivity contribution in [3.05, 3.63) is 28.8 Å². The molecule has 1 aromatic carbocycles. The van der Waals surface area contributed by atoms with Crippen LogP contribution in [-0.4, -0.2) is 28.9 Å². The van der Waals surface area contributed by atoms with Gasteiger partial charge in [-0.15, -0.1) is 0 Å². The van der Waals surface area contributed by atoms with E-state index in [0.717, 1.165) is 0 Å². The molecule has 1 aliphatic rings. The van der Waals surface area contributed by atoms with Crippen LogP contribution in [0.2, 0.25) is 5.02 Å².